The third kappa shape index (κ3) is 2.60. The van der Waals surface area contributed by atoms with Crippen LogP contribution < -0.4 is 10.6 Å². The van der Waals surface area contributed by atoms with Crippen molar-refractivity contribution in [3.63, 3.8) is 0 Å². The van der Waals surface area contributed by atoms with Crippen LogP contribution in [0.25, 0.3) is 0 Å². The molecule has 5 nitrogen and oxygen atoms in total. The topological polar surface area (TPSA) is 90.4 Å². The lowest BCUT2D eigenvalue weighted by atomic mass is 10.1. The molecule has 1 saturated carbocycles. The van der Waals surface area contributed by atoms with Gasteiger partial charge in [-0.25, -0.2) is 9.18 Å². The molecule has 0 heterocycles. The van der Waals surface area contributed by atoms with Gasteiger partial charge < -0.3 is 15.7 Å². The largest absolute Gasteiger partial charge is 0.478 e. The minimum atomic E-state index is -1.25. The lowest BCUT2D eigenvalue weighted by molar-refractivity contribution is 0.0698. The molecular formula is C13H14FN3O2. The zero-order valence-electron chi connectivity index (χ0n) is 10.3. The van der Waals surface area contributed by atoms with E-state index in [4.69, 9.17) is 11.0 Å². The van der Waals surface area contributed by atoms with E-state index in [1.165, 1.54) is 12.1 Å². The molecule has 0 radical (unpaired) electrons. The van der Waals surface area contributed by atoms with Crippen molar-refractivity contribution >= 4 is 17.3 Å². The van der Waals surface area contributed by atoms with E-state index in [0.29, 0.717) is 12.2 Å². The number of halogens is 1. The summed E-state index contributed by atoms with van der Waals surface area (Å²) < 4.78 is 13.4. The Bertz CT molecular complexity index is 550. The Morgan fingerprint density at radius 1 is 1.58 bits per heavy atom. The van der Waals surface area contributed by atoms with Gasteiger partial charge in [-0.2, -0.15) is 5.26 Å². The molecule has 1 fully saturated rings. The number of nitrogens with two attached hydrogens (primary N) is 1. The first-order valence-corrected chi connectivity index (χ1v) is 6.01. The van der Waals surface area contributed by atoms with Crippen molar-refractivity contribution < 1.29 is 14.3 Å². The maximum Gasteiger partial charge on any atom is 0.340 e. The van der Waals surface area contributed by atoms with Gasteiger partial charge >= 0.3 is 5.97 Å². The number of carbonyl (C=O) groups is 1. The summed E-state index contributed by atoms with van der Waals surface area (Å²) >= 11 is 0. The summed E-state index contributed by atoms with van der Waals surface area (Å²) in [6.07, 6.45) is 2.18. The monoisotopic (exact) mass is 263 g/mol. The van der Waals surface area contributed by atoms with Crippen LogP contribution in [0.1, 0.15) is 29.6 Å². The van der Waals surface area contributed by atoms with Gasteiger partial charge in [-0.05, 0) is 25.0 Å². The lowest BCUT2D eigenvalue weighted by Crippen LogP contribution is -2.29. The Hall–Kier alpha value is -2.29. The van der Waals surface area contributed by atoms with Crippen molar-refractivity contribution in [2.75, 3.05) is 17.2 Å². The predicted octanol–water partition coefficient (Wildman–Crippen LogP) is 1.99. The van der Waals surface area contributed by atoms with Crippen molar-refractivity contribution in [1.29, 1.82) is 5.26 Å². The molecule has 0 amide bonds. The minimum absolute atomic E-state index is 0.218. The number of rotatable bonds is 5. The molecule has 1 aromatic rings. The maximum atomic E-state index is 13.4. The van der Waals surface area contributed by atoms with Gasteiger partial charge in [0.1, 0.15) is 11.4 Å². The Labute approximate surface area is 110 Å². The van der Waals surface area contributed by atoms with E-state index in [1.54, 1.807) is 0 Å². The summed E-state index contributed by atoms with van der Waals surface area (Å²) in [5.74, 6) is -1.99. The molecule has 0 atom stereocenters. The first kappa shape index (κ1) is 13.1. The predicted molar refractivity (Wildman–Crippen MR) is 68.4 cm³/mol. The Kier molecular flexibility index (Phi) is 3.56. The van der Waals surface area contributed by atoms with Gasteiger partial charge in [-0.3, -0.25) is 0 Å². The van der Waals surface area contributed by atoms with Crippen molar-refractivity contribution in [3.05, 3.63) is 23.5 Å². The first-order valence-electron chi connectivity index (χ1n) is 6.01. The molecule has 0 saturated heterocycles. The van der Waals surface area contributed by atoms with Crippen LogP contribution in [0.15, 0.2) is 12.1 Å². The van der Waals surface area contributed by atoms with E-state index < -0.39 is 11.8 Å². The van der Waals surface area contributed by atoms with Gasteiger partial charge in [0, 0.05) is 12.6 Å². The third-order valence-electron chi connectivity index (χ3n) is 3.15. The number of nitrogen functional groups attached to an aromatic ring is 1. The molecule has 1 aromatic carbocycles. The number of benzene rings is 1. The summed E-state index contributed by atoms with van der Waals surface area (Å²) in [4.78, 5) is 13.1. The second-order valence-corrected chi connectivity index (χ2v) is 4.49. The number of nitrogens with zero attached hydrogens (tertiary/aromatic N) is 2. The van der Waals surface area contributed by atoms with Crippen LogP contribution in [0, 0.1) is 17.1 Å². The fourth-order valence-electron chi connectivity index (χ4n) is 2.10. The summed E-state index contributed by atoms with van der Waals surface area (Å²) in [5, 5.41) is 17.9. The molecule has 0 aliphatic heterocycles. The molecule has 0 bridgehead atoms. The summed E-state index contributed by atoms with van der Waals surface area (Å²) in [5.41, 5.74) is 5.34. The Balaban J connectivity index is 2.44. The highest BCUT2D eigenvalue weighted by molar-refractivity contribution is 6.00. The van der Waals surface area contributed by atoms with Gasteiger partial charge in [0.05, 0.1) is 23.9 Å². The number of carboxylic acid groups (broad SMARTS) is 1. The highest BCUT2D eigenvalue weighted by atomic mass is 19.1. The number of aromatic carboxylic acids is 1. The average Bonchev–Trinajstić information content (AvgIpc) is 3.18. The van der Waals surface area contributed by atoms with Crippen LogP contribution in [-0.2, 0) is 0 Å². The van der Waals surface area contributed by atoms with Crippen LogP contribution >= 0.6 is 0 Å². The van der Waals surface area contributed by atoms with E-state index in [-0.39, 0.29) is 23.7 Å². The van der Waals surface area contributed by atoms with Crippen LogP contribution in [-0.4, -0.2) is 23.7 Å². The van der Waals surface area contributed by atoms with Crippen LogP contribution in [0.2, 0.25) is 0 Å². The van der Waals surface area contributed by atoms with Crippen LogP contribution in [0.5, 0.6) is 0 Å². The highest BCUT2D eigenvalue weighted by Gasteiger charge is 2.32. The lowest BCUT2D eigenvalue weighted by Gasteiger charge is -2.25. The number of nitriles is 1. The van der Waals surface area contributed by atoms with Crippen LogP contribution in [0.4, 0.5) is 15.8 Å². The summed E-state index contributed by atoms with van der Waals surface area (Å²) in [7, 11) is 0. The quantitative estimate of drug-likeness (QED) is 0.793. The molecule has 3 N–H and O–H groups in total. The fourth-order valence-corrected chi connectivity index (χ4v) is 2.10. The van der Waals surface area contributed by atoms with Crippen molar-refractivity contribution in [3.8, 4) is 6.07 Å². The minimum Gasteiger partial charge on any atom is -0.478 e. The number of anilines is 2. The standard InChI is InChI=1S/C13H14FN3O2/c14-9-4-5-10(11(12(9)16)13(18)19)17(7-1-6-15)8-2-3-8/h4-5,8H,1-3,7,16H2,(H,18,19). The van der Waals surface area contributed by atoms with E-state index in [1.807, 2.05) is 11.0 Å². The summed E-state index contributed by atoms with van der Waals surface area (Å²) in [6, 6.07) is 4.84. The Morgan fingerprint density at radius 2 is 2.26 bits per heavy atom. The van der Waals surface area contributed by atoms with E-state index in [9.17, 15) is 14.3 Å². The smallest absolute Gasteiger partial charge is 0.340 e. The molecule has 6 heteroatoms. The zero-order chi connectivity index (χ0) is 14.0. The van der Waals surface area contributed by atoms with Crippen molar-refractivity contribution in [2.24, 2.45) is 0 Å². The van der Waals surface area contributed by atoms with Gasteiger partial charge in [0.15, 0.2) is 0 Å². The molecule has 100 valence electrons. The molecule has 0 aromatic heterocycles. The van der Waals surface area contributed by atoms with Crippen LogP contribution in [0.3, 0.4) is 0 Å². The van der Waals surface area contributed by atoms with Crippen molar-refractivity contribution in [2.45, 2.75) is 25.3 Å². The Morgan fingerprint density at radius 3 is 2.79 bits per heavy atom. The zero-order valence-corrected chi connectivity index (χ0v) is 10.3. The fraction of sp³-hybridized carbons (Fsp3) is 0.385. The molecule has 19 heavy (non-hydrogen) atoms. The van der Waals surface area contributed by atoms with Gasteiger partial charge in [0.25, 0.3) is 0 Å². The van der Waals surface area contributed by atoms with Gasteiger partial charge in [-0.1, -0.05) is 0 Å². The first-order chi connectivity index (χ1) is 9.06. The maximum absolute atomic E-state index is 13.4. The normalized spacial score (nSPS) is 13.9. The highest BCUT2D eigenvalue weighted by Crippen LogP contribution is 2.36. The SMILES string of the molecule is N#CCCN(c1ccc(F)c(N)c1C(=O)O)C1CC1. The van der Waals surface area contributed by atoms with Gasteiger partial charge in [-0.15, -0.1) is 0 Å². The second kappa shape index (κ2) is 5.14. The van der Waals surface area contributed by atoms with Crippen molar-refractivity contribution in [1.82, 2.24) is 0 Å². The molecule has 1 aliphatic rings. The molecule has 0 spiro atoms. The number of hydrogen-bond acceptors (Lipinski definition) is 4. The molecule has 2 rings (SSSR count). The molecular weight excluding hydrogens is 249 g/mol. The van der Waals surface area contributed by atoms with E-state index in [2.05, 4.69) is 0 Å². The van der Waals surface area contributed by atoms with E-state index >= 15 is 0 Å². The third-order valence-corrected chi connectivity index (χ3v) is 3.15. The average molecular weight is 263 g/mol. The number of carboxylic acids is 1. The number of hydrogen-bond donors (Lipinski definition) is 2. The summed E-state index contributed by atoms with van der Waals surface area (Å²) in [6.45, 7) is 0.423. The molecule has 1 aliphatic carbocycles. The molecule has 0 unspecified atom stereocenters. The van der Waals surface area contributed by atoms with Gasteiger partial charge in [0.2, 0.25) is 0 Å². The van der Waals surface area contributed by atoms with E-state index in [0.717, 1.165) is 12.8 Å². The second-order valence-electron chi connectivity index (χ2n) is 4.49.